The van der Waals surface area contributed by atoms with Gasteiger partial charge < -0.3 is 18.9 Å². The Kier molecular flexibility index (Phi) is 5.34. The largest absolute Gasteiger partial charge is 0.376 e. The number of rotatable bonds is 5. The summed E-state index contributed by atoms with van der Waals surface area (Å²) >= 11 is 3.67. The summed E-state index contributed by atoms with van der Waals surface area (Å²) in [4.78, 5) is 15.4. The second-order valence-electron chi connectivity index (χ2n) is 7.22. The lowest BCUT2D eigenvalue weighted by Gasteiger charge is -2.28. The van der Waals surface area contributed by atoms with Gasteiger partial charge in [-0.05, 0) is 47.7 Å². The van der Waals surface area contributed by atoms with E-state index in [1.54, 1.807) is 0 Å². The predicted octanol–water partition coefficient (Wildman–Crippen LogP) is 3.74. The Bertz CT molecular complexity index is 735. The second kappa shape index (κ2) is 7.71. The Morgan fingerprint density at radius 2 is 1.77 bits per heavy atom. The fourth-order valence-electron chi connectivity index (χ4n) is 4.04. The van der Waals surface area contributed by atoms with Gasteiger partial charge in [0.25, 0.3) is 5.91 Å². The molecule has 6 heteroatoms. The first kappa shape index (κ1) is 18.0. The Balaban J connectivity index is 1.64. The molecule has 1 aromatic heterocycles. The van der Waals surface area contributed by atoms with Gasteiger partial charge in [-0.3, -0.25) is 4.79 Å². The fourth-order valence-corrected chi connectivity index (χ4v) is 4.81. The Morgan fingerprint density at radius 1 is 1.15 bits per heavy atom. The molecular weight excluding hydrogens is 396 g/mol. The maximum absolute atomic E-state index is 13.5. The van der Waals surface area contributed by atoms with E-state index in [0.717, 1.165) is 54.3 Å². The standard InChI is InChI=1S/C20H25BrN2O3/c1-22-17-9-3-2-8-16(17)18(21)19(22)20(24)23(12-14-6-4-10-25-14)13-15-7-5-11-26-15/h2-3,8-9,14-15H,4-7,10-13H2,1H3/t14-,15-/m0/s1. The van der Waals surface area contributed by atoms with E-state index in [1.165, 1.54) is 0 Å². The SMILES string of the molecule is Cn1c(C(=O)N(C[C@@H]2CCCO2)C[C@@H]2CCCO2)c(Br)c2ccccc21. The number of hydrogen-bond acceptors (Lipinski definition) is 3. The smallest absolute Gasteiger partial charge is 0.271 e. The van der Waals surface area contributed by atoms with Gasteiger partial charge in [-0.1, -0.05) is 18.2 Å². The van der Waals surface area contributed by atoms with Crippen LogP contribution in [0.4, 0.5) is 0 Å². The number of carbonyl (C=O) groups is 1. The summed E-state index contributed by atoms with van der Waals surface area (Å²) in [5.74, 6) is 0.0431. The quantitative estimate of drug-likeness (QED) is 0.739. The van der Waals surface area contributed by atoms with Crippen molar-refractivity contribution >= 4 is 32.7 Å². The van der Waals surface area contributed by atoms with E-state index >= 15 is 0 Å². The van der Waals surface area contributed by atoms with Gasteiger partial charge in [-0.2, -0.15) is 0 Å². The second-order valence-corrected chi connectivity index (χ2v) is 8.01. The molecule has 2 aromatic rings. The molecule has 26 heavy (non-hydrogen) atoms. The van der Waals surface area contributed by atoms with Gasteiger partial charge in [0.2, 0.25) is 0 Å². The predicted molar refractivity (Wildman–Crippen MR) is 104 cm³/mol. The number of aromatic nitrogens is 1. The van der Waals surface area contributed by atoms with Crippen LogP contribution >= 0.6 is 15.9 Å². The molecule has 1 amide bonds. The molecule has 4 rings (SSSR count). The van der Waals surface area contributed by atoms with Crippen molar-refractivity contribution in [3.05, 3.63) is 34.4 Å². The van der Waals surface area contributed by atoms with E-state index in [-0.39, 0.29) is 18.1 Å². The summed E-state index contributed by atoms with van der Waals surface area (Å²) in [5, 5.41) is 1.06. The lowest BCUT2D eigenvalue weighted by molar-refractivity contribution is 0.0302. The topological polar surface area (TPSA) is 43.7 Å². The summed E-state index contributed by atoms with van der Waals surface area (Å²) in [6.45, 7) is 2.86. The minimum Gasteiger partial charge on any atom is -0.376 e. The van der Waals surface area contributed by atoms with Crippen LogP contribution in [0.15, 0.2) is 28.7 Å². The summed E-state index contributed by atoms with van der Waals surface area (Å²) in [7, 11) is 1.96. The lowest BCUT2D eigenvalue weighted by atomic mass is 10.1. The number of nitrogens with zero attached hydrogens (tertiary/aromatic N) is 2. The van der Waals surface area contributed by atoms with Crippen molar-refractivity contribution in [1.82, 2.24) is 9.47 Å². The van der Waals surface area contributed by atoms with Crippen LogP contribution in [0.1, 0.15) is 36.2 Å². The maximum Gasteiger partial charge on any atom is 0.271 e. The van der Waals surface area contributed by atoms with Crippen LogP contribution in [0, 0.1) is 0 Å². The molecule has 0 N–H and O–H groups in total. The molecule has 5 nitrogen and oxygen atoms in total. The first-order valence-electron chi connectivity index (χ1n) is 9.40. The molecule has 3 heterocycles. The van der Waals surface area contributed by atoms with E-state index in [2.05, 4.69) is 15.9 Å². The van der Waals surface area contributed by atoms with Crippen LogP contribution in [0.2, 0.25) is 0 Å². The molecule has 0 saturated carbocycles. The molecule has 0 unspecified atom stereocenters. The normalized spacial score (nSPS) is 23.0. The van der Waals surface area contributed by atoms with Crippen LogP contribution in [0.3, 0.4) is 0 Å². The monoisotopic (exact) mass is 420 g/mol. The molecule has 0 radical (unpaired) electrons. The third kappa shape index (κ3) is 3.42. The molecule has 0 spiro atoms. The molecule has 1 aromatic carbocycles. The molecule has 140 valence electrons. The number of amides is 1. The van der Waals surface area contributed by atoms with Crippen molar-refractivity contribution in [2.24, 2.45) is 7.05 Å². The molecule has 2 aliphatic rings. The Hall–Kier alpha value is -1.37. The Morgan fingerprint density at radius 3 is 2.31 bits per heavy atom. The van der Waals surface area contributed by atoms with E-state index < -0.39 is 0 Å². The highest BCUT2D eigenvalue weighted by Crippen LogP contribution is 2.31. The number of fused-ring (bicyclic) bond motifs is 1. The lowest BCUT2D eigenvalue weighted by Crippen LogP contribution is -2.42. The molecule has 0 bridgehead atoms. The van der Waals surface area contributed by atoms with Crippen molar-refractivity contribution in [1.29, 1.82) is 0 Å². The van der Waals surface area contributed by atoms with Gasteiger partial charge in [-0.25, -0.2) is 0 Å². The molecule has 2 fully saturated rings. The van der Waals surface area contributed by atoms with Crippen molar-refractivity contribution in [2.45, 2.75) is 37.9 Å². The van der Waals surface area contributed by atoms with Gasteiger partial charge in [0.1, 0.15) is 5.69 Å². The molecular formula is C20H25BrN2O3. The average molecular weight is 421 g/mol. The molecule has 2 atom stereocenters. The third-order valence-corrected chi connectivity index (χ3v) is 6.23. The van der Waals surface area contributed by atoms with Crippen LogP contribution in [-0.2, 0) is 16.5 Å². The zero-order valence-electron chi connectivity index (χ0n) is 15.1. The zero-order valence-corrected chi connectivity index (χ0v) is 16.7. The first-order chi connectivity index (χ1) is 12.6. The average Bonchev–Trinajstić information content (AvgIpc) is 3.38. The summed E-state index contributed by atoms with van der Waals surface area (Å²) in [5.41, 5.74) is 1.75. The fraction of sp³-hybridized carbons (Fsp3) is 0.550. The van der Waals surface area contributed by atoms with Crippen molar-refractivity contribution in [3.63, 3.8) is 0 Å². The number of halogens is 1. The molecule has 2 saturated heterocycles. The van der Waals surface area contributed by atoms with Crippen LogP contribution in [0.25, 0.3) is 10.9 Å². The minimum atomic E-state index is 0.0431. The minimum absolute atomic E-state index is 0.0431. The number of carbonyl (C=O) groups excluding carboxylic acids is 1. The molecule has 0 aliphatic carbocycles. The van der Waals surface area contributed by atoms with Crippen molar-refractivity contribution in [2.75, 3.05) is 26.3 Å². The van der Waals surface area contributed by atoms with Crippen LogP contribution in [0.5, 0.6) is 0 Å². The van der Waals surface area contributed by atoms with Gasteiger partial charge >= 0.3 is 0 Å². The summed E-state index contributed by atoms with van der Waals surface area (Å²) in [6, 6.07) is 8.08. The van der Waals surface area contributed by atoms with Crippen molar-refractivity contribution in [3.8, 4) is 0 Å². The zero-order chi connectivity index (χ0) is 18.1. The van der Waals surface area contributed by atoms with Gasteiger partial charge in [0.05, 0.1) is 16.7 Å². The summed E-state index contributed by atoms with van der Waals surface area (Å²) in [6.07, 6.45) is 4.45. The number of aryl methyl sites for hydroxylation is 1. The van der Waals surface area contributed by atoms with Gasteiger partial charge in [0.15, 0.2) is 0 Å². The third-order valence-electron chi connectivity index (χ3n) is 5.43. The highest BCUT2D eigenvalue weighted by molar-refractivity contribution is 9.10. The van der Waals surface area contributed by atoms with Crippen LogP contribution in [-0.4, -0.2) is 53.9 Å². The van der Waals surface area contributed by atoms with Crippen molar-refractivity contribution < 1.29 is 14.3 Å². The highest BCUT2D eigenvalue weighted by Gasteiger charge is 2.30. The van der Waals surface area contributed by atoms with Gasteiger partial charge in [-0.15, -0.1) is 0 Å². The number of para-hydroxylation sites is 1. The van der Waals surface area contributed by atoms with E-state index in [4.69, 9.17) is 9.47 Å². The number of benzene rings is 1. The van der Waals surface area contributed by atoms with E-state index in [9.17, 15) is 4.79 Å². The van der Waals surface area contributed by atoms with E-state index in [1.807, 2.05) is 40.8 Å². The molecule has 2 aliphatic heterocycles. The van der Waals surface area contributed by atoms with Crippen LogP contribution < -0.4 is 0 Å². The summed E-state index contributed by atoms with van der Waals surface area (Å²) < 4.78 is 14.5. The number of hydrogen-bond donors (Lipinski definition) is 0. The first-order valence-corrected chi connectivity index (χ1v) is 10.2. The maximum atomic E-state index is 13.5. The Labute approximate surface area is 162 Å². The highest BCUT2D eigenvalue weighted by atomic mass is 79.9. The van der Waals surface area contributed by atoms with Gasteiger partial charge in [0, 0.05) is 44.3 Å². The van der Waals surface area contributed by atoms with E-state index in [0.29, 0.717) is 18.8 Å². The number of ether oxygens (including phenoxy) is 2.